The largest absolute Gasteiger partial charge is 0.480 e. The molecule has 6 nitrogen and oxygen atoms in total. The lowest BCUT2D eigenvalue weighted by atomic mass is 10.2. The lowest BCUT2D eigenvalue weighted by Gasteiger charge is -2.27. The van der Waals surface area contributed by atoms with Gasteiger partial charge in [0.15, 0.2) is 0 Å². The maximum Gasteiger partial charge on any atom is 0.320 e. The second-order valence-electron chi connectivity index (χ2n) is 4.84. The fraction of sp³-hybridized carbons (Fsp3) is 0.846. The summed E-state index contributed by atoms with van der Waals surface area (Å²) in [5.74, 6) is -0.662. The van der Waals surface area contributed by atoms with Gasteiger partial charge in [0.2, 0.25) is 5.91 Å². The van der Waals surface area contributed by atoms with Crippen molar-refractivity contribution >= 4 is 11.9 Å². The summed E-state index contributed by atoms with van der Waals surface area (Å²) in [4.78, 5) is 26.5. The van der Waals surface area contributed by atoms with Gasteiger partial charge in [-0.1, -0.05) is 6.92 Å². The molecule has 110 valence electrons. The van der Waals surface area contributed by atoms with Crippen LogP contribution in [0.4, 0.5) is 0 Å². The van der Waals surface area contributed by atoms with Crippen LogP contribution in [0.2, 0.25) is 0 Å². The van der Waals surface area contributed by atoms with Crippen LogP contribution in [-0.4, -0.2) is 72.7 Å². The van der Waals surface area contributed by atoms with E-state index in [-0.39, 0.29) is 5.91 Å². The highest BCUT2D eigenvalue weighted by Crippen LogP contribution is 2.06. The van der Waals surface area contributed by atoms with Crippen molar-refractivity contribution in [2.75, 3.05) is 39.9 Å². The van der Waals surface area contributed by atoms with Gasteiger partial charge >= 0.3 is 5.97 Å². The number of carbonyl (C=O) groups excluding carboxylic acids is 1. The van der Waals surface area contributed by atoms with E-state index in [4.69, 9.17) is 9.84 Å². The summed E-state index contributed by atoms with van der Waals surface area (Å²) in [7, 11) is 1.79. The second-order valence-corrected chi connectivity index (χ2v) is 4.84. The second kappa shape index (κ2) is 8.12. The van der Waals surface area contributed by atoms with Crippen LogP contribution >= 0.6 is 0 Å². The molecule has 0 radical (unpaired) electrons. The third kappa shape index (κ3) is 5.16. The number of morpholine rings is 1. The maximum absolute atomic E-state index is 11.9. The zero-order chi connectivity index (χ0) is 14.3. The van der Waals surface area contributed by atoms with E-state index < -0.39 is 12.0 Å². The average Bonchev–Trinajstić information content (AvgIpc) is 2.40. The molecule has 1 atom stereocenters. The molecule has 1 N–H and O–H groups in total. The number of likely N-dealkylation sites (N-methyl/N-ethyl adjacent to an activating group) is 1. The first-order chi connectivity index (χ1) is 9.06. The number of nitrogens with zero attached hydrogens (tertiary/aromatic N) is 2. The SMILES string of the molecule is CCC(C(=O)O)N(C)CCCC(=O)N1CCOCC1. The van der Waals surface area contributed by atoms with E-state index in [1.54, 1.807) is 11.9 Å². The standard InChI is InChI=1S/C13H24N2O4/c1-3-11(13(17)18)14(2)6-4-5-12(16)15-7-9-19-10-8-15/h11H,3-10H2,1-2H3,(H,17,18). The Balaban J connectivity index is 2.25. The molecule has 6 heteroatoms. The lowest BCUT2D eigenvalue weighted by molar-refractivity contribution is -0.142. The van der Waals surface area contributed by atoms with Gasteiger partial charge in [-0.2, -0.15) is 0 Å². The first kappa shape index (κ1) is 15.9. The van der Waals surface area contributed by atoms with E-state index in [1.165, 1.54) is 0 Å². The topological polar surface area (TPSA) is 70.1 Å². The zero-order valence-electron chi connectivity index (χ0n) is 11.8. The number of hydrogen-bond donors (Lipinski definition) is 1. The fourth-order valence-corrected chi connectivity index (χ4v) is 2.28. The number of rotatable bonds is 7. The number of carboxylic acids is 1. The van der Waals surface area contributed by atoms with Crippen molar-refractivity contribution in [3.05, 3.63) is 0 Å². The van der Waals surface area contributed by atoms with E-state index in [0.29, 0.717) is 52.1 Å². The Kier molecular flexibility index (Phi) is 6.80. The molecule has 1 heterocycles. The highest BCUT2D eigenvalue weighted by Gasteiger charge is 2.21. The molecule has 19 heavy (non-hydrogen) atoms. The van der Waals surface area contributed by atoms with Crippen LogP contribution in [0.15, 0.2) is 0 Å². The van der Waals surface area contributed by atoms with Gasteiger partial charge in [0.25, 0.3) is 0 Å². The van der Waals surface area contributed by atoms with E-state index in [9.17, 15) is 9.59 Å². The smallest absolute Gasteiger partial charge is 0.320 e. The third-order valence-electron chi connectivity index (χ3n) is 3.47. The summed E-state index contributed by atoms with van der Waals surface area (Å²) < 4.78 is 5.20. The summed E-state index contributed by atoms with van der Waals surface area (Å²) >= 11 is 0. The highest BCUT2D eigenvalue weighted by molar-refractivity contribution is 5.76. The molecule has 0 aromatic rings. The number of aliphatic carboxylic acids is 1. The van der Waals surface area contributed by atoms with Crippen molar-refractivity contribution < 1.29 is 19.4 Å². The van der Waals surface area contributed by atoms with Crippen LogP contribution in [0.25, 0.3) is 0 Å². The van der Waals surface area contributed by atoms with Gasteiger partial charge in [0.1, 0.15) is 6.04 Å². The molecule has 1 aliphatic rings. The number of hydrogen-bond acceptors (Lipinski definition) is 4. The van der Waals surface area contributed by atoms with Gasteiger partial charge in [-0.25, -0.2) is 0 Å². The molecular weight excluding hydrogens is 248 g/mol. The van der Waals surface area contributed by atoms with Crippen molar-refractivity contribution in [1.29, 1.82) is 0 Å². The van der Waals surface area contributed by atoms with Crippen molar-refractivity contribution in [2.24, 2.45) is 0 Å². The van der Waals surface area contributed by atoms with E-state index in [2.05, 4.69) is 0 Å². The Morgan fingerprint density at radius 3 is 2.53 bits per heavy atom. The lowest BCUT2D eigenvalue weighted by Crippen LogP contribution is -2.41. The van der Waals surface area contributed by atoms with Crippen LogP contribution in [0.1, 0.15) is 26.2 Å². The van der Waals surface area contributed by atoms with Gasteiger partial charge in [-0.05, 0) is 26.4 Å². The van der Waals surface area contributed by atoms with E-state index in [0.717, 1.165) is 0 Å². The summed E-state index contributed by atoms with van der Waals surface area (Å²) in [5, 5.41) is 9.03. The molecule has 1 aliphatic heterocycles. The van der Waals surface area contributed by atoms with Crippen LogP contribution in [-0.2, 0) is 14.3 Å². The predicted octanol–water partition coefficient (Wildman–Crippen LogP) is 0.420. The summed E-state index contributed by atoms with van der Waals surface area (Å²) in [6.45, 7) is 5.04. The van der Waals surface area contributed by atoms with Crippen molar-refractivity contribution in [1.82, 2.24) is 9.80 Å². The number of carbonyl (C=O) groups is 2. The Hall–Kier alpha value is -1.14. The summed E-state index contributed by atoms with van der Waals surface area (Å²) in [6, 6.07) is -0.460. The first-order valence-corrected chi connectivity index (χ1v) is 6.84. The molecule has 0 bridgehead atoms. The minimum atomic E-state index is -0.801. The molecule has 0 aliphatic carbocycles. The summed E-state index contributed by atoms with van der Waals surface area (Å²) in [6.07, 6.45) is 1.74. The highest BCUT2D eigenvalue weighted by atomic mass is 16.5. The Bertz CT molecular complexity index is 303. The van der Waals surface area contributed by atoms with Gasteiger partial charge in [0.05, 0.1) is 13.2 Å². The van der Waals surface area contributed by atoms with Crippen LogP contribution < -0.4 is 0 Å². The van der Waals surface area contributed by atoms with Crippen LogP contribution in [0.3, 0.4) is 0 Å². The molecule has 1 fully saturated rings. The molecule has 1 saturated heterocycles. The molecular formula is C13H24N2O4. The van der Waals surface area contributed by atoms with Crippen molar-refractivity contribution in [2.45, 2.75) is 32.2 Å². The van der Waals surface area contributed by atoms with E-state index in [1.807, 2.05) is 11.8 Å². The minimum Gasteiger partial charge on any atom is -0.480 e. The van der Waals surface area contributed by atoms with Gasteiger partial charge in [0, 0.05) is 19.5 Å². The first-order valence-electron chi connectivity index (χ1n) is 6.84. The monoisotopic (exact) mass is 272 g/mol. The molecule has 1 unspecified atom stereocenters. The average molecular weight is 272 g/mol. The predicted molar refractivity (Wildman–Crippen MR) is 71.0 cm³/mol. The van der Waals surface area contributed by atoms with E-state index >= 15 is 0 Å². The molecule has 0 saturated carbocycles. The van der Waals surface area contributed by atoms with Gasteiger partial charge in [-0.15, -0.1) is 0 Å². The Labute approximate surface area is 114 Å². The Morgan fingerprint density at radius 1 is 1.37 bits per heavy atom. The quantitative estimate of drug-likeness (QED) is 0.727. The molecule has 0 aromatic heterocycles. The molecule has 0 spiro atoms. The molecule has 1 rings (SSSR count). The van der Waals surface area contributed by atoms with Gasteiger partial charge in [-0.3, -0.25) is 14.5 Å². The third-order valence-corrected chi connectivity index (χ3v) is 3.47. The number of ether oxygens (including phenoxy) is 1. The minimum absolute atomic E-state index is 0.139. The summed E-state index contributed by atoms with van der Waals surface area (Å²) in [5.41, 5.74) is 0. The van der Waals surface area contributed by atoms with Crippen molar-refractivity contribution in [3.63, 3.8) is 0 Å². The maximum atomic E-state index is 11.9. The van der Waals surface area contributed by atoms with Crippen LogP contribution in [0, 0.1) is 0 Å². The fourth-order valence-electron chi connectivity index (χ4n) is 2.28. The number of amides is 1. The van der Waals surface area contributed by atoms with Crippen molar-refractivity contribution in [3.8, 4) is 0 Å². The Morgan fingerprint density at radius 2 is 2.00 bits per heavy atom. The zero-order valence-corrected chi connectivity index (χ0v) is 11.8. The van der Waals surface area contributed by atoms with Crippen LogP contribution in [0.5, 0.6) is 0 Å². The molecule has 1 amide bonds. The number of carboxylic acid groups (broad SMARTS) is 1. The molecule has 0 aromatic carbocycles. The normalized spacial score (nSPS) is 17.5. The van der Waals surface area contributed by atoms with Gasteiger partial charge < -0.3 is 14.7 Å².